The Labute approximate surface area is 164 Å². The van der Waals surface area contributed by atoms with E-state index in [0.29, 0.717) is 16.9 Å². The van der Waals surface area contributed by atoms with Crippen LogP contribution in [0.3, 0.4) is 0 Å². The molecule has 0 aliphatic heterocycles. The van der Waals surface area contributed by atoms with Gasteiger partial charge in [-0.25, -0.2) is 0 Å². The van der Waals surface area contributed by atoms with Crippen LogP contribution in [0.25, 0.3) is 0 Å². The van der Waals surface area contributed by atoms with Gasteiger partial charge in [0.15, 0.2) is 0 Å². The number of benzene rings is 2. The molecule has 28 heavy (non-hydrogen) atoms. The summed E-state index contributed by atoms with van der Waals surface area (Å²) in [6.45, 7) is 5.55. The lowest BCUT2D eigenvalue weighted by Gasteiger charge is -2.11. The number of carbonyl (C=O) groups excluding carboxylic acids is 2. The molecule has 2 aromatic carbocycles. The van der Waals surface area contributed by atoms with E-state index in [2.05, 4.69) is 40.8 Å². The molecule has 1 aromatic heterocycles. The molecule has 0 unspecified atom stereocenters. The number of anilines is 4. The maximum Gasteiger partial charge on any atom is 0.257 e. The molecule has 0 saturated heterocycles. The number of pyridine rings is 1. The van der Waals surface area contributed by atoms with Gasteiger partial charge in [0.1, 0.15) is 0 Å². The summed E-state index contributed by atoms with van der Waals surface area (Å²) in [5.41, 5.74) is 5.70. The fourth-order valence-corrected chi connectivity index (χ4v) is 2.70. The molecule has 0 fully saturated rings. The minimum Gasteiger partial charge on any atom is -0.354 e. The molecule has 2 amide bonds. The van der Waals surface area contributed by atoms with E-state index in [1.165, 1.54) is 24.2 Å². The van der Waals surface area contributed by atoms with E-state index in [0.717, 1.165) is 11.4 Å². The molecule has 142 valence electrons. The van der Waals surface area contributed by atoms with E-state index in [1.807, 2.05) is 12.1 Å². The molecule has 6 heteroatoms. The highest BCUT2D eigenvalue weighted by Gasteiger charge is 2.09. The lowest BCUT2D eigenvalue weighted by molar-refractivity contribution is -0.114. The SMILES string of the molecule is CC(=O)Nc1cccc(NC(=O)c2cncc(Nc3ccc(C)c(C)c3)c2)c1. The van der Waals surface area contributed by atoms with Crippen LogP contribution in [0, 0.1) is 13.8 Å². The molecule has 0 saturated carbocycles. The molecular formula is C22H22N4O2. The van der Waals surface area contributed by atoms with Crippen molar-refractivity contribution >= 4 is 34.6 Å². The van der Waals surface area contributed by atoms with E-state index in [9.17, 15) is 9.59 Å². The normalized spacial score (nSPS) is 10.2. The van der Waals surface area contributed by atoms with Crippen LogP contribution in [-0.2, 0) is 4.79 Å². The van der Waals surface area contributed by atoms with Crippen LogP contribution in [0.5, 0.6) is 0 Å². The van der Waals surface area contributed by atoms with E-state index >= 15 is 0 Å². The second-order valence-corrected chi connectivity index (χ2v) is 6.60. The molecule has 6 nitrogen and oxygen atoms in total. The van der Waals surface area contributed by atoms with Crippen molar-refractivity contribution in [2.75, 3.05) is 16.0 Å². The van der Waals surface area contributed by atoms with Crippen molar-refractivity contribution in [1.29, 1.82) is 0 Å². The Kier molecular flexibility index (Phi) is 5.69. The molecule has 3 rings (SSSR count). The summed E-state index contributed by atoms with van der Waals surface area (Å²) < 4.78 is 0. The number of aromatic nitrogens is 1. The number of nitrogens with zero attached hydrogens (tertiary/aromatic N) is 1. The lowest BCUT2D eigenvalue weighted by Crippen LogP contribution is -2.13. The standard InChI is InChI=1S/C22H22N4O2/c1-14-7-8-20(9-15(14)2)25-21-10-17(12-23-13-21)22(28)26-19-6-4-5-18(11-19)24-16(3)27/h4-13,25H,1-3H3,(H,24,27)(H,26,28). The Bertz CT molecular complexity index is 1030. The van der Waals surface area contributed by atoms with Crippen molar-refractivity contribution in [2.45, 2.75) is 20.8 Å². The molecular weight excluding hydrogens is 352 g/mol. The van der Waals surface area contributed by atoms with Crippen LogP contribution in [0.15, 0.2) is 60.9 Å². The van der Waals surface area contributed by atoms with Gasteiger partial charge in [0.25, 0.3) is 5.91 Å². The third-order valence-corrected chi connectivity index (χ3v) is 4.24. The fraction of sp³-hybridized carbons (Fsp3) is 0.136. The van der Waals surface area contributed by atoms with Gasteiger partial charge in [-0.05, 0) is 61.4 Å². The van der Waals surface area contributed by atoms with Crippen LogP contribution in [0.4, 0.5) is 22.7 Å². The molecule has 0 aliphatic carbocycles. The number of carbonyl (C=O) groups is 2. The molecule has 0 aliphatic rings. The fourth-order valence-electron chi connectivity index (χ4n) is 2.70. The van der Waals surface area contributed by atoms with Gasteiger partial charge < -0.3 is 16.0 Å². The van der Waals surface area contributed by atoms with Crippen molar-refractivity contribution in [3.8, 4) is 0 Å². The van der Waals surface area contributed by atoms with Crippen LogP contribution < -0.4 is 16.0 Å². The summed E-state index contributed by atoms with van der Waals surface area (Å²) in [4.78, 5) is 27.9. The molecule has 3 aromatic rings. The van der Waals surface area contributed by atoms with E-state index < -0.39 is 0 Å². The topological polar surface area (TPSA) is 83.1 Å². The Morgan fingerprint density at radius 3 is 2.25 bits per heavy atom. The molecule has 0 spiro atoms. The smallest absolute Gasteiger partial charge is 0.257 e. The summed E-state index contributed by atoms with van der Waals surface area (Å²) in [5.74, 6) is -0.450. The highest BCUT2D eigenvalue weighted by Crippen LogP contribution is 2.21. The first-order valence-corrected chi connectivity index (χ1v) is 8.89. The molecule has 3 N–H and O–H groups in total. The van der Waals surface area contributed by atoms with Crippen molar-refractivity contribution in [3.05, 3.63) is 77.6 Å². The Morgan fingerprint density at radius 1 is 0.786 bits per heavy atom. The summed E-state index contributed by atoms with van der Waals surface area (Å²) in [6, 6.07) is 14.8. The maximum absolute atomic E-state index is 12.6. The van der Waals surface area contributed by atoms with Crippen molar-refractivity contribution < 1.29 is 9.59 Å². The summed E-state index contributed by atoms with van der Waals surface area (Å²) in [5, 5.41) is 8.78. The first-order valence-electron chi connectivity index (χ1n) is 8.89. The Morgan fingerprint density at radius 2 is 1.54 bits per heavy atom. The van der Waals surface area contributed by atoms with E-state index in [1.54, 1.807) is 36.5 Å². The highest BCUT2D eigenvalue weighted by atomic mass is 16.2. The van der Waals surface area contributed by atoms with E-state index in [-0.39, 0.29) is 11.8 Å². The zero-order chi connectivity index (χ0) is 20.1. The lowest BCUT2D eigenvalue weighted by atomic mass is 10.1. The molecule has 1 heterocycles. The second kappa shape index (κ2) is 8.35. The highest BCUT2D eigenvalue weighted by molar-refractivity contribution is 6.05. The monoisotopic (exact) mass is 374 g/mol. The molecule has 0 radical (unpaired) electrons. The van der Waals surface area contributed by atoms with Crippen LogP contribution in [0.1, 0.15) is 28.4 Å². The van der Waals surface area contributed by atoms with Crippen molar-refractivity contribution in [2.24, 2.45) is 0 Å². The average Bonchev–Trinajstić information content (AvgIpc) is 2.65. The minimum atomic E-state index is -0.281. The van der Waals surface area contributed by atoms with Gasteiger partial charge in [-0.3, -0.25) is 14.6 Å². The van der Waals surface area contributed by atoms with Crippen LogP contribution in [0.2, 0.25) is 0 Å². The van der Waals surface area contributed by atoms with Gasteiger partial charge in [0.05, 0.1) is 17.4 Å². The number of nitrogens with one attached hydrogen (secondary N) is 3. The van der Waals surface area contributed by atoms with Crippen LogP contribution in [-0.4, -0.2) is 16.8 Å². The first-order chi connectivity index (χ1) is 13.4. The maximum atomic E-state index is 12.6. The van der Waals surface area contributed by atoms with Gasteiger partial charge in [0.2, 0.25) is 5.91 Å². The third kappa shape index (κ3) is 4.94. The van der Waals surface area contributed by atoms with E-state index in [4.69, 9.17) is 0 Å². The quantitative estimate of drug-likeness (QED) is 0.607. The Hall–Kier alpha value is -3.67. The van der Waals surface area contributed by atoms with Gasteiger partial charge >= 0.3 is 0 Å². The molecule has 0 atom stereocenters. The largest absolute Gasteiger partial charge is 0.354 e. The van der Waals surface area contributed by atoms with Gasteiger partial charge in [-0.2, -0.15) is 0 Å². The summed E-state index contributed by atoms with van der Waals surface area (Å²) in [6.07, 6.45) is 3.18. The number of hydrogen-bond acceptors (Lipinski definition) is 4. The zero-order valence-electron chi connectivity index (χ0n) is 16.0. The number of hydrogen-bond donors (Lipinski definition) is 3. The number of rotatable bonds is 5. The third-order valence-electron chi connectivity index (χ3n) is 4.24. The zero-order valence-corrected chi connectivity index (χ0v) is 16.0. The predicted molar refractivity (Wildman–Crippen MR) is 112 cm³/mol. The van der Waals surface area contributed by atoms with Gasteiger partial charge in [0, 0.05) is 30.2 Å². The molecule has 0 bridgehead atoms. The van der Waals surface area contributed by atoms with Gasteiger partial charge in [-0.1, -0.05) is 12.1 Å². The summed E-state index contributed by atoms with van der Waals surface area (Å²) >= 11 is 0. The average molecular weight is 374 g/mol. The van der Waals surface area contributed by atoms with Crippen molar-refractivity contribution in [1.82, 2.24) is 4.98 Å². The van der Waals surface area contributed by atoms with Gasteiger partial charge in [-0.15, -0.1) is 0 Å². The van der Waals surface area contributed by atoms with Crippen LogP contribution >= 0.6 is 0 Å². The summed E-state index contributed by atoms with van der Waals surface area (Å²) in [7, 11) is 0. The van der Waals surface area contributed by atoms with Crippen molar-refractivity contribution in [3.63, 3.8) is 0 Å². The first kappa shape index (κ1) is 19.1. The number of aryl methyl sites for hydroxylation is 2. The Balaban J connectivity index is 1.73. The predicted octanol–water partition coefficient (Wildman–Crippen LogP) is 4.65. The minimum absolute atomic E-state index is 0.169. The second-order valence-electron chi connectivity index (χ2n) is 6.60. The number of amides is 2.